The number of hydrogen-bond donors (Lipinski definition) is 1. The predicted molar refractivity (Wildman–Crippen MR) is 74.9 cm³/mol. The quantitative estimate of drug-likeness (QED) is 0.846. The number of hydrogen-bond acceptors (Lipinski definition) is 5. The van der Waals surface area contributed by atoms with E-state index in [1.54, 1.807) is 12.2 Å². The maximum atomic E-state index is 12.6. The monoisotopic (exact) mass is 329 g/mol. The number of thiocarbonyl (C=S) groups is 1. The number of amides is 1. The molecule has 108 valence electrons. The molecule has 0 fully saturated rings. The van der Waals surface area contributed by atoms with Gasteiger partial charge in [0.1, 0.15) is 10.9 Å². The van der Waals surface area contributed by atoms with Gasteiger partial charge in [0.15, 0.2) is 10.8 Å². The molecule has 1 aliphatic rings. The Morgan fingerprint density at radius 2 is 2.24 bits per heavy atom. The minimum atomic E-state index is -4.74. The number of carbonyl (C=O) groups is 1. The maximum absolute atomic E-state index is 12.6. The smallest absolute Gasteiger partial charge is 0.298 e. The number of carbonyl (C=O) groups excluding carboxylic acids is 1. The number of thiazole rings is 1. The van der Waals surface area contributed by atoms with Gasteiger partial charge in [-0.3, -0.25) is 10.1 Å². The van der Waals surface area contributed by atoms with Crippen molar-refractivity contribution in [2.45, 2.75) is 12.6 Å². The van der Waals surface area contributed by atoms with Gasteiger partial charge >= 0.3 is 6.18 Å². The van der Waals surface area contributed by atoms with E-state index in [0.717, 1.165) is 0 Å². The Hall–Kier alpha value is -2.05. The lowest BCUT2D eigenvalue weighted by Crippen LogP contribution is -2.20. The van der Waals surface area contributed by atoms with Crippen molar-refractivity contribution in [3.8, 4) is 6.07 Å². The first-order valence-corrected chi connectivity index (χ1v) is 6.75. The summed E-state index contributed by atoms with van der Waals surface area (Å²) in [5.41, 5.74) is -1.10. The standard InChI is InChI=1S/C12H6F3N3OS2/c13-12(14,15)9-8(5-16)21-11(17-9)18-10(19)6-3-1-2-4-7(6)20/h1-3H,4H2,(H,17,18,19). The van der Waals surface area contributed by atoms with Gasteiger partial charge in [0.05, 0.1) is 5.57 Å². The van der Waals surface area contributed by atoms with E-state index in [-0.39, 0.29) is 10.7 Å². The van der Waals surface area contributed by atoms with Crippen LogP contribution in [0.15, 0.2) is 23.8 Å². The van der Waals surface area contributed by atoms with Gasteiger partial charge in [-0.2, -0.15) is 18.4 Å². The molecule has 0 saturated heterocycles. The van der Waals surface area contributed by atoms with Crippen LogP contribution in [0.1, 0.15) is 17.0 Å². The molecule has 21 heavy (non-hydrogen) atoms. The minimum absolute atomic E-state index is 0.203. The molecule has 1 aromatic rings. The number of allylic oxidation sites excluding steroid dienone is 3. The Morgan fingerprint density at radius 3 is 2.76 bits per heavy atom. The zero-order valence-corrected chi connectivity index (χ0v) is 11.8. The van der Waals surface area contributed by atoms with Crippen LogP contribution in [0.25, 0.3) is 0 Å². The molecule has 0 aromatic carbocycles. The summed E-state index contributed by atoms with van der Waals surface area (Å²) < 4.78 is 37.9. The predicted octanol–water partition coefficient (Wildman–Crippen LogP) is 3.23. The summed E-state index contributed by atoms with van der Waals surface area (Å²) in [7, 11) is 0. The number of aromatic nitrogens is 1. The summed E-state index contributed by atoms with van der Waals surface area (Å²) in [6, 6.07) is 1.42. The van der Waals surface area contributed by atoms with E-state index < -0.39 is 22.7 Å². The normalized spacial score (nSPS) is 14.6. The Morgan fingerprint density at radius 1 is 1.52 bits per heavy atom. The average molecular weight is 329 g/mol. The highest BCUT2D eigenvalue weighted by Gasteiger charge is 2.38. The van der Waals surface area contributed by atoms with Gasteiger partial charge in [-0.05, 0) is 6.08 Å². The third-order valence-electron chi connectivity index (χ3n) is 2.46. The fraction of sp³-hybridized carbons (Fsp3) is 0.167. The first kappa shape index (κ1) is 15.3. The largest absolute Gasteiger partial charge is 0.435 e. The van der Waals surface area contributed by atoms with E-state index in [1.165, 1.54) is 12.1 Å². The SMILES string of the molecule is N#Cc1sc(NC(=O)C2=CC=CCC2=S)nc1C(F)(F)F. The van der Waals surface area contributed by atoms with Crippen molar-refractivity contribution in [3.05, 3.63) is 34.4 Å². The Bertz CT molecular complexity index is 710. The van der Waals surface area contributed by atoms with Crippen LogP contribution in [-0.4, -0.2) is 15.8 Å². The molecule has 9 heteroatoms. The molecule has 0 atom stereocenters. The van der Waals surface area contributed by atoms with E-state index in [4.69, 9.17) is 17.5 Å². The number of rotatable bonds is 2. The Labute approximate surface area is 126 Å². The van der Waals surface area contributed by atoms with Crippen LogP contribution in [0.3, 0.4) is 0 Å². The molecular formula is C12H6F3N3OS2. The molecule has 0 unspecified atom stereocenters. The molecule has 1 heterocycles. The summed E-state index contributed by atoms with van der Waals surface area (Å²) in [5, 5.41) is 10.6. The van der Waals surface area contributed by atoms with Crippen molar-refractivity contribution < 1.29 is 18.0 Å². The molecule has 0 aliphatic heterocycles. The van der Waals surface area contributed by atoms with Gasteiger partial charge in [-0.15, -0.1) is 0 Å². The van der Waals surface area contributed by atoms with E-state index in [2.05, 4.69) is 10.3 Å². The highest BCUT2D eigenvalue weighted by atomic mass is 32.1. The van der Waals surface area contributed by atoms with E-state index in [1.807, 2.05) is 0 Å². The zero-order valence-electron chi connectivity index (χ0n) is 10.2. The maximum Gasteiger partial charge on any atom is 0.435 e. The second kappa shape index (κ2) is 5.75. The molecule has 0 bridgehead atoms. The van der Waals surface area contributed by atoms with Crippen LogP contribution < -0.4 is 5.32 Å². The number of nitrogens with one attached hydrogen (secondary N) is 1. The molecular weight excluding hydrogens is 323 g/mol. The number of nitrogens with zero attached hydrogens (tertiary/aromatic N) is 2. The zero-order chi connectivity index (χ0) is 15.6. The van der Waals surface area contributed by atoms with Crippen molar-refractivity contribution in [1.29, 1.82) is 5.26 Å². The van der Waals surface area contributed by atoms with Gasteiger partial charge in [-0.25, -0.2) is 4.98 Å². The van der Waals surface area contributed by atoms with E-state index >= 15 is 0 Å². The van der Waals surface area contributed by atoms with Crippen molar-refractivity contribution in [1.82, 2.24) is 4.98 Å². The van der Waals surface area contributed by atoms with E-state index in [9.17, 15) is 18.0 Å². The van der Waals surface area contributed by atoms with Crippen LogP contribution in [-0.2, 0) is 11.0 Å². The second-order valence-corrected chi connectivity index (χ2v) is 5.39. The first-order chi connectivity index (χ1) is 9.82. The van der Waals surface area contributed by atoms with Gasteiger partial charge in [-0.1, -0.05) is 35.7 Å². The molecule has 0 saturated carbocycles. The molecule has 1 amide bonds. The summed E-state index contributed by atoms with van der Waals surface area (Å²) in [4.78, 5) is 15.0. The first-order valence-electron chi connectivity index (χ1n) is 5.52. The van der Waals surface area contributed by atoms with Crippen molar-refractivity contribution >= 4 is 39.5 Å². The van der Waals surface area contributed by atoms with Crippen LogP contribution in [0.5, 0.6) is 0 Å². The number of nitriles is 1. The van der Waals surface area contributed by atoms with Crippen molar-refractivity contribution in [3.63, 3.8) is 0 Å². The molecule has 0 spiro atoms. The number of halogens is 3. The molecule has 2 rings (SSSR count). The highest BCUT2D eigenvalue weighted by Crippen LogP contribution is 2.35. The minimum Gasteiger partial charge on any atom is -0.298 e. The Balaban J connectivity index is 2.25. The summed E-state index contributed by atoms with van der Waals surface area (Å²) in [6.07, 6.45) is 0.549. The number of alkyl halides is 3. The molecule has 1 N–H and O–H groups in total. The van der Waals surface area contributed by atoms with Gasteiger partial charge in [0.25, 0.3) is 5.91 Å². The lowest BCUT2D eigenvalue weighted by Gasteiger charge is -2.09. The van der Waals surface area contributed by atoms with Crippen molar-refractivity contribution in [2.75, 3.05) is 5.32 Å². The average Bonchev–Trinajstić information content (AvgIpc) is 2.82. The van der Waals surface area contributed by atoms with E-state index in [0.29, 0.717) is 22.6 Å². The second-order valence-electron chi connectivity index (χ2n) is 3.90. The van der Waals surface area contributed by atoms with Crippen LogP contribution in [0.2, 0.25) is 0 Å². The fourth-order valence-electron chi connectivity index (χ4n) is 1.55. The summed E-state index contributed by atoms with van der Waals surface area (Å²) >= 11 is 5.47. The summed E-state index contributed by atoms with van der Waals surface area (Å²) in [5.74, 6) is -0.642. The third kappa shape index (κ3) is 3.34. The lowest BCUT2D eigenvalue weighted by atomic mass is 10.0. The third-order valence-corrected chi connectivity index (χ3v) is 3.73. The molecule has 1 aliphatic carbocycles. The van der Waals surface area contributed by atoms with Crippen LogP contribution in [0.4, 0.5) is 18.3 Å². The molecule has 0 radical (unpaired) electrons. The lowest BCUT2D eigenvalue weighted by molar-refractivity contribution is -0.140. The molecule has 1 aromatic heterocycles. The van der Waals surface area contributed by atoms with Gasteiger partial charge < -0.3 is 0 Å². The number of anilines is 1. The van der Waals surface area contributed by atoms with Crippen LogP contribution in [0, 0.1) is 11.3 Å². The van der Waals surface area contributed by atoms with Crippen LogP contribution >= 0.6 is 23.6 Å². The molecule has 4 nitrogen and oxygen atoms in total. The van der Waals surface area contributed by atoms with Crippen molar-refractivity contribution in [2.24, 2.45) is 0 Å². The van der Waals surface area contributed by atoms with Gasteiger partial charge in [0.2, 0.25) is 0 Å². The topological polar surface area (TPSA) is 65.8 Å². The Kier molecular flexibility index (Phi) is 4.20. The summed E-state index contributed by atoms with van der Waals surface area (Å²) in [6.45, 7) is 0. The van der Waals surface area contributed by atoms with Gasteiger partial charge in [0, 0.05) is 11.3 Å². The highest BCUT2D eigenvalue weighted by molar-refractivity contribution is 7.81. The fourth-order valence-corrected chi connectivity index (χ4v) is 2.59.